The number of likely N-dealkylation sites (tertiary alicyclic amines) is 1. The Morgan fingerprint density at radius 2 is 2.30 bits per heavy atom. The molecule has 8 heteroatoms. The van der Waals surface area contributed by atoms with Crippen molar-refractivity contribution in [2.45, 2.75) is 32.4 Å². The van der Waals surface area contributed by atoms with E-state index in [-0.39, 0.29) is 17.9 Å². The number of aromatic nitrogens is 3. The van der Waals surface area contributed by atoms with Crippen LogP contribution in [0.15, 0.2) is 29.2 Å². The molecular formula is C15H17N5O3. The van der Waals surface area contributed by atoms with Crippen LogP contribution in [-0.4, -0.2) is 38.4 Å². The number of carbonyl (C=O) groups excluding carboxylic acids is 2. The molecule has 0 bridgehead atoms. The summed E-state index contributed by atoms with van der Waals surface area (Å²) in [5, 5.41) is 6.40. The number of amides is 2. The van der Waals surface area contributed by atoms with Gasteiger partial charge < -0.3 is 14.7 Å². The molecule has 1 atom stereocenters. The van der Waals surface area contributed by atoms with E-state index in [4.69, 9.17) is 4.52 Å². The summed E-state index contributed by atoms with van der Waals surface area (Å²) in [6.07, 6.45) is 6.37. The van der Waals surface area contributed by atoms with E-state index < -0.39 is 0 Å². The third-order valence-corrected chi connectivity index (χ3v) is 3.73. The maximum Gasteiger partial charge on any atom is 0.276 e. The van der Waals surface area contributed by atoms with E-state index in [9.17, 15) is 9.59 Å². The maximum absolute atomic E-state index is 12.5. The highest BCUT2D eigenvalue weighted by Gasteiger charge is 2.32. The van der Waals surface area contributed by atoms with Crippen LogP contribution in [0.4, 0.5) is 0 Å². The van der Waals surface area contributed by atoms with Gasteiger partial charge in [-0.25, -0.2) is 0 Å². The first-order chi connectivity index (χ1) is 11.1. The van der Waals surface area contributed by atoms with E-state index in [0.29, 0.717) is 24.5 Å². The lowest BCUT2D eigenvalue weighted by atomic mass is 10.1. The quantitative estimate of drug-likeness (QED) is 0.906. The minimum absolute atomic E-state index is 0.124. The van der Waals surface area contributed by atoms with Crippen molar-refractivity contribution < 1.29 is 14.1 Å². The molecule has 2 aromatic rings. The van der Waals surface area contributed by atoms with Crippen molar-refractivity contribution in [1.82, 2.24) is 25.3 Å². The van der Waals surface area contributed by atoms with Crippen LogP contribution in [0.2, 0.25) is 0 Å². The number of hydrogen-bond acceptors (Lipinski definition) is 6. The van der Waals surface area contributed by atoms with Gasteiger partial charge in [-0.15, -0.1) is 0 Å². The second-order valence-electron chi connectivity index (χ2n) is 5.39. The second kappa shape index (κ2) is 6.55. The zero-order valence-electron chi connectivity index (χ0n) is 12.7. The van der Waals surface area contributed by atoms with E-state index in [1.165, 1.54) is 13.2 Å². The third kappa shape index (κ3) is 3.36. The zero-order valence-corrected chi connectivity index (χ0v) is 12.7. The van der Waals surface area contributed by atoms with E-state index in [1.807, 2.05) is 0 Å². The minimum atomic E-state index is -0.171. The Balaban J connectivity index is 1.78. The van der Waals surface area contributed by atoms with E-state index >= 15 is 0 Å². The number of rotatable bonds is 4. The third-order valence-electron chi connectivity index (χ3n) is 3.73. The topological polar surface area (TPSA) is 101 Å². The van der Waals surface area contributed by atoms with Crippen LogP contribution in [0.5, 0.6) is 0 Å². The predicted octanol–water partition coefficient (Wildman–Crippen LogP) is 1.08. The van der Waals surface area contributed by atoms with Crippen LogP contribution in [0.25, 0.3) is 0 Å². The Kier molecular flexibility index (Phi) is 4.31. The van der Waals surface area contributed by atoms with Gasteiger partial charge in [0.15, 0.2) is 5.69 Å². The first-order valence-electron chi connectivity index (χ1n) is 7.42. The normalized spacial score (nSPS) is 17.3. The molecule has 1 N–H and O–H groups in total. The van der Waals surface area contributed by atoms with Crippen LogP contribution >= 0.6 is 0 Å². The molecule has 0 unspecified atom stereocenters. The van der Waals surface area contributed by atoms with Gasteiger partial charge in [0.2, 0.25) is 5.91 Å². The van der Waals surface area contributed by atoms with Gasteiger partial charge >= 0.3 is 0 Å². The molecule has 1 aliphatic rings. The molecule has 1 saturated heterocycles. The molecule has 0 aliphatic carbocycles. The first kappa shape index (κ1) is 15.1. The Morgan fingerprint density at radius 3 is 3.04 bits per heavy atom. The Labute approximate surface area is 132 Å². The molecule has 0 spiro atoms. The lowest BCUT2D eigenvalue weighted by Gasteiger charge is -2.23. The molecule has 3 rings (SSSR count). The second-order valence-corrected chi connectivity index (χ2v) is 5.39. The first-order valence-corrected chi connectivity index (χ1v) is 7.42. The molecule has 1 aliphatic heterocycles. The van der Waals surface area contributed by atoms with Crippen molar-refractivity contribution in [3.8, 4) is 0 Å². The maximum atomic E-state index is 12.5. The molecule has 2 amide bonds. The van der Waals surface area contributed by atoms with Gasteiger partial charge in [-0.2, -0.15) is 0 Å². The molecule has 2 aromatic heterocycles. The summed E-state index contributed by atoms with van der Waals surface area (Å²) in [6, 6.07) is 1.42. The fourth-order valence-corrected chi connectivity index (χ4v) is 2.67. The largest absolute Gasteiger partial charge is 0.364 e. The highest BCUT2D eigenvalue weighted by atomic mass is 16.5. The fourth-order valence-electron chi connectivity index (χ4n) is 2.67. The zero-order chi connectivity index (χ0) is 16.2. The summed E-state index contributed by atoms with van der Waals surface area (Å²) in [5.41, 5.74) is 1.68. The summed E-state index contributed by atoms with van der Waals surface area (Å²) in [4.78, 5) is 33.9. The van der Waals surface area contributed by atoms with E-state index in [2.05, 4.69) is 20.4 Å². The van der Waals surface area contributed by atoms with Crippen molar-refractivity contribution in [2.24, 2.45) is 0 Å². The summed E-state index contributed by atoms with van der Waals surface area (Å²) < 4.78 is 4.74. The molecule has 3 heterocycles. The molecule has 1 fully saturated rings. The van der Waals surface area contributed by atoms with Crippen LogP contribution in [-0.2, 0) is 11.3 Å². The average Bonchev–Trinajstić information content (AvgIpc) is 3.23. The summed E-state index contributed by atoms with van der Waals surface area (Å²) in [5.74, 6) is -0.295. The highest BCUT2D eigenvalue weighted by Crippen LogP contribution is 2.31. The van der Waals surface area contributed by atoms with Crippen molar-refractivity contribution >= 4 is 11.8 Å². The Hall–Kier alpha value is -2.77. The van der Waals surface area contributed by atoms with Crippen molar-refractivity contribution in [1.29, 1.82) is 0 Å². The van der Waals surface area contributed by atoms with Gasteiger partial charge in [-0.1, -0.05) is 5.16 Å². The standard InChI is InChI=1S/C15H17N5O3/c1-10(21)17-8-11-7-16-9-13(18-11)14-3-2-5-20(14)15(22)12-4-6-23-19-12/h4,6-7,9,14H,2-3,5,8H2,1H3,(H,17,21)/t14-/m0/s1. The Morgan fingerprint density at radius 1 is 1.43 bits per heavy atom. The SMILES string of the molecule is CC(=O)NCc1cncc([C@@H]2CCCN2C(=O)c2ccon2)n1. The number of hydrogen-bond donors (Lipinski definition) is 1. The molecular weight excluding hydrogens is 298 g/mol. The molecule has 0 aromatic carbocycles. The van der Waals surface area contributed by atoms with Crippen LogP contribution in [0.1, 0.15) is 47.7 Å². The smallest absolute Gasteiger partial charge is 0.276 e. The lowest BCUT2D eigenvalue weighted by molar-refractivity contribution is -0.119. The summed E-state index contributed by atoms with van der Waals surface area (Å²) >= 11 is 0. The van der Waals surface area contributed by atoms with Crippen LogP contribution < -0.4 is 5.32 Å². The van der Waals surface area contributed by atoms with E-state index in [0.717, 1.165) is 18.5 Å². The number of nitrogens with one attached hydrogen (secondary N) is 1. The van der Waals surface area contributed by atoms with Crippen molar-refractivity contribution in [2.75, 3.05) is 6.54 Å². The van der Waals surface area contributed by atoms with Crippen molar-refractivity contribution in [3.63, 3.8) is 0 Å². The fraction of sp³-hybridized carbons (Fsp3) is 0.400. The van der Waals surface area contributed by atoms with Gasteiger partial charge in [-0.05, 0) is 12.8 Å². The van der Waals surface area contributed by atoms with Gasteiger partial charge in [0, 0.05) is 19.5 Å². The van der Waals surface area contributed by atoms with Gasteiger partial charge in [0.05, 0.1) is 36.4 Å². The molecule has 23 heavy (non-hydrogen) atoms. The lowest BCUT2D eigenvalue weighted by Crippen LogP contribution is -2.31. The summed E-state index contributed by atoms with van der Waals surface area (Å²) in [6.45, 7) is 2.42. The molecule has 8 nitrogen and oxygen atoms in total. The average molecular weight is 315 g/mol. The minimum Gasteiger partial charge on any atom is -0.364 e. The highest BCUT2D eigenvalue weighted by molar-refractivity contribution is 5.92. The summed E-state index contributed by atoms with van der Waals surface area (Å²) in [7, 11) is 0. The van der Waals surface area contributed by atoms with Crippen molar-refractivity contribution in [3.05, 3.63) is 41.8 Å². The monoisotopic (exact) mass is 315 g/mol. The van der Waals surface area contributed by atoms with Gasteiger partial charge in [0.1, 0.15) is 6.26 Å². The van der Waals surface area contributed by atoms with Crippen LogP contribution in [0.3, 0.4) is 0 Å². The number of nitrogens with zero attached hydrogens (tertiary/aromatic N) is 4. The molecule has 120 valence electrons. The van der Waals surface area contributed by atoms with Gasteiger partial charge in [-0.3, -0.25) is 19.6 Å². The predicted molar refractivity (Wildman–Crippen MR) is 79.1 cm³/mol. The molecule has 0 radical (unpaired) electrons. The van der Waals surface area contributed by atoms with Crippen LogP contribution in [0, 0.1) is 0 Å². The number of carbonyl (C=O) groups is 2. The molecule has 0 saturated carbocycles. The van der Waals surface area contributed by atoms with Gasteiger partial charge in [0.25, 0.3) is 5.91 Å². The Bertz CT molecular complexity index is 701. The van der Waals surface area contributed by atoms with E-state index in [1.54, 1.807) is 23.4 Å².